The van der Waals surface area contributed by atoms with E-state index in [1.54, 1.807) is 11.8 Å². The number of sulfone groups is 1. The molecule has 0 bridgehead atoms. The fourth-order valence-corrected chi connectivity index (χ4v) is 4.24. The van der Waals surface area contributed by atoms with Gasteiger partial charge in [0.05, 0.1) is 22.8 Å². The topological polar surface area (TPSA) is 81.8 Å². The molecule has 7 nitrogen and oxygen atoms in total. The van der Waals surface area contributed by atoms with Crippen LogP contribution in [0.2, 0.25) is 0 Å². The van der Waals surface area contributed by atoms with Crippen LogP contribution in [0.4, 0.5) is 30.2 Å². The second kappa shape index (κ2) is 9.68. The highest BCUT2D eigenvalue weighted by Gasteiger charge is 2.47. The molecule has 0 unspecified atom stereocenters. The van der Waals surface area contributed by atoms with Crippen LogP contribution in [-0.2, 0) is 14.6 Å². The highest BCUT2D eigenvalue weighted by molar-refractivity contribution is 7.92. The number of anilines is 3. The Kier molecular flexibility index (Phi) is 7.17. The van der Waals surface area contributed by atoms with Crippen molar-refractivity contribution in [1.29, 1.82) is 0 Å². The molecule has 0 radical (unpaired) electrons. The van der Waals surface area contributed by atoms with Crippen LogP contribution in [0.5, 0.6) is 0 Å². The quantitative estimate of drug-likeness (QED) is 0.647. The Labute approximate surface area is 185 Å². The van der Waals surface area contributed by atoms with E-state index in [1.807, 2.05) is 30.3 Å². The van der Waals surface area contributed by atoms with E-state index in [2.05, 4.69) is 15.5 Å². The van der Waals surface area contributed by atoms with Crippen LogP contribution in [0, 0.1) is 0 Å². The second-order valence-electron chi connectivity index (χ2n) is 7.24. The van der Waals surface area contributed by atoms with Gasteiger partial charge in [0.1, 0.15) is 0 Å². The smallest absolute Gasteiger partial charge is 0.384 e. The van der Waals surface area contributed by atoms with Crippen molar-refractivity contribution in [2.45, 2.75) is 17.3 Å². The third-order valence-corrected chi connectivity index (χ3v) is 6.64. The molecular formula is C21H25F3N4O3S. The van der Waals surface area contributed by atoms with Crippen molar-refractivity contribution < 1.29 is 26.4 Å². The largest absolute Gasteiger partial charge is 0.501 e. The van der Waals surface area contributed by atoms with Crippen molar-refractivity contribution in [2.24, 2.45) is 0 Å². The molecule has 0 aliphatic carbocycles. The fraction of sp³-hybridized carbons (Fsp3) is 0.381. The number of benzene rings is 2. The van der Waals surface area contributed by atoms with Gasteiger partial charge in [-0.05, 0) is 37.3 Å². The molecule has 1 amide bonds. The molecule has 11 heteroatoms. The minimum absolute atomic E-state index is 0.119. The number of piperazine rings is 1. The summed E-state index contributed by atoms with van der Waals surface area (Å²) in [6.07, 6.45) is 0. The maximum atomic E-state index is 12.9. The number of halogens is 3. The summed E-state index contributed by atoms with van der Waals surface area (Å²) in [6, 6.07) is 12.9. The zero-order valence-corrected chi connectivity index (χ0v) is 18.3. The molecule has 0 atom stereocenters. The summed E-state index contributed by atoms with van der Waals surface area (Å²) in [4.78, 5) is 15.6. The van der Waals surface area contributed by atoms with E-state index >= 15 is 0 Å². The summed E-state index contributed by atoms with van der Waals surface area (Å²) < 4.78 is 62.3. The summed E-state index contributed by atoms with van der Waals surface area (Å²) in [5.74, 6) is -0.218. The third-order valence-electron chi connectivity index (χ3n) is 5.16. The molecule has 1 fully saturated rings. The molecule has 2 aromatic rings. The molecule has 174 valence electrons. The summed E-state index contributed by atoms with van der Waals surface area (Å²) in [5.41, 5.74) is -3.79. The van der Waals surface area contributed by atoms with Crippen LogP contribution in [0.25, 0.3) is 0 Å². The monoisotopic (exact) mass is 470 g/mol. The summed E-state index contributed by atoms with van der Waals surface area (Å²) in [6.45, 7) is 4.45. The SMILES string of the molecule is CCNc1ccc(S(=O)(=O)C(F)(F)F)cc1NCC(=O)N1CCN(c2ccccc2)CC1. The number of nitrogens with one attached hydrogen (secondary N) is 2. The van der Waals surface area contributed by atoms with Gasteiger partial charge in [0.25, 0.3) is 9.84 Å². The van der Waals surface area contributed by atoms with Crippen molar-refractivity contribution in [2.75, 3.05) is 54.8 Å². The molecule has 1 aliphatic heterocycles. The highest BCUT2D eigenvalue weighted by Crippen LogP contribution is 2.33. The molecule has 0 spiro atoms. The first-order valence-electron chi connectivity index (χ1n) is 10.1. The zero-order valence-electron chi connectivity index (χ0n) is 17.5. The average molecular weight is 471 g/mol. The molecule has 2 N–H and O–H groups in total. The van der Waals surface area contributed by atoms with E-state index in [0.29, 0.717) is 38.4 Å². The standard InChI is InChI=1S/C21H25F3N4O3S/c1-2-25-18-9-8-17(32(30,31)21(22,23)24)14-19(18)26-15-20(29)28-12-10-27(11-13-28)16-6-4-3-5-7-16/h3-9,14,25-26H,2,10-13,15H2,1H3. The number of alkyl halides is 3. The Bertz CT molecular complexity index is 1040. The van der Waals surface area contributed by atoms with Gasteiger partial charge in [0.15, 0.2) is 0 Å². The molecule has 3 rings (SSSR count). The minimum Gasteiger partial charge on any atom is -0.384 e. The van der Waals surface area contributed by atoms with Crippen LogP contribution in [0.1, 0.15) is 6.92 Å². The van der Waals surface area contributed by atoms with E-state index in [9.17, 15) is 26.4 Å². The summed E-state index contributed by atoms with van der Waals surface area (Å²) in [7, 11) is -5.49. The lowest BCUT2D eigenvalue weighted by atomic mass is 10.2. The number of para-hydroxylation sites is 1. The predicted octanol–water partition coefficient (Wildman–Crippen LogP) is 3.17. The van der Waals surface area contributed by atoms with E-state index in [1.165, 1.54) is 6.07 Å². The Balaban J connectivity index is 1.66. The predicted molar refractivity (Wildman–Crippen MR) is 118 cm³/mol. The molecular weight excluding hydrogens is 445 g/mol. The summed E-state index contributed by atoms with van der Waals surface area (Å²) in [5, 5.41) is 5.75. The number of nitrogens with zero attached hydrogens (tertiary/aromatic N) is 2. The lowest BCUT2D eigenvalue weighted by molar-refractivity contribution is -0.129. The molecule has 2 aromatic carbocycles. The van der Waals surface area contributed by atoms with Gasteiger partial charge in [-0.3, -0.25) is 4.79 Å². The van der Waals surface area contributed by atoms with Gasteiger partial charge >= 0.3 is 5.51 Å². The number of hydrogen-bond acceptors (Lipinski definition) is 6. The Morgan fingerprint density at radius 2 is 1.62 bits per heavy atom. The van der Waals surface area contributed by atoms with Crippen molar-refractivity contribution in [3.63, 3.8) is 0 Å². The Morgan fingerprint density at radius 3 is 2.22 bits per heavy atom. The van der Waals surface area contributed by atoms with Crippen LogP contribution >= 0.6 is 0 Å². The third kappa shape index (κ3) is 5.26. The van der Waals surface area contributed by atoms with Crippen LogP contribution in [0.15, 0.2) is 53.4 Å². The molecule has 1 aliphatic rings. The van der Waals surface area contributed by atoms with Crippen LogP contribution < -0.4 is 15.5 Å². The van der Waals surface area contributed by atoms with E-state index < -0.39 is 20.2 Å². The van der Waals surface area contributed by atoms with Crippen LogP contribution in [0.3, 0.4) is 0 Å². The molecule has 1 heterocycles. The van der Waals surface area contributed by atoms with Crippen molar-refractivity contribution in [1.82, 2.24) is 4.90 Å². The first-order valence-corrected chi connectivity index (χ1v) is 11.6. The van der Waals surface area contributed by atoms with E-state index in [0.717, 1.165) is 17.8 Å². The van der Waals surface area contributed by atoms with Crippen molar-refractivity contribution >= 4 is 32.8 Å². The van der Waals surface area contributed by atoms with E-state index in [-0.39, 0.29) is 18.1 Å². The van der Waals surface area contributed by atoms with Gasteiger partial charge in [-0.1, -0.05) is 18.2 Å². The minimum atomic E-state index is -5.49. The van der Waals surface area contributed by atoms with Crippen molar-refractivity contribution in [3.8, 4) is 0 Å². The normalized spacial score (nSPS) is 14.9. The molecule has 1 saturated heterocycles. The maximum Gasteiger partial charge on any atom is 0.501 e. The molecule has 32 heavy (non-hydrogen) atoms. The average Bonchev–Trinajstić information content (AvgIpc) is 2.78. The number of hydrogen-bond donors (Lipinski definition) is 2. The van der Waals surface area contributed by atoms with E-state index in [4.69, 9.17) is 0 Å². The van der Waals surface area contributed by atoms with Gasteiger partial charge < -0.3 is 20.4 Å². The molecule has 0 aromatic heterocycles. The number of rotatable bonds is 7. The lowest BCUT2D eigenvalue weighted by Crippen LogP contribution is -2.50. The number of carbonyl (C=O) groups excluding carboxylic acids is 1. The summed E-state index contributed by atoms with van der Waals surface area (Å²) >= 11 is 0. The van der Waals surface area contributed by atoms with Gasteiger partial charge in [0.2, 0.25) is 5.91 Å². The van der Waals surface area contributed by atoms with Crippen molar-refractivity contribution in [3.05, 3.63) is 48.5 Å². The second-order valence-corrected chi connectivity index (χ2v) is 9.19. The first-order chi connectivity index (χ1) is 15.1. The Hall–Kier alpha value is -2.95. The fourth-order valence-electron chi connectivity index (χ4n) is 3.45. The highest BCUT2D eigenvalue weighted by atomic mass is 32.2. The number of carbonyl (C=O) groups is 1. The van der Waals surface area contributed by atoms with Crippen LogP contribution in [-0.4, -0.2) is 64.0 Å². The Morgan fingerprint density at radius 1 is 0.969 bits per heavy atom. The van der Waals surface area contributed by atoms with Gasteiger partial charge in [0, 0.05) is 38.4 Å². The molecule has 0 saturated carbocycles. The first kappa shape index (κ1) is 23.7. The van der Waals surface area contributed by atoms with Gasteiger partial charge in [-0.25, -0.2) is 8.42 Å². The van der Waals surface area contributed by atoms with Gasteiger partial charge in [-0.2, -0.15) is 13.2 Å². The zero-order chi connectivity index (χ0) is 23.4. The maximum absolute atomic E-state index is 12.9. The number of amides is 1. The van der Waals surface area contributed by atoms with Gasteiger partial charge in [-0.15, -0.1) is 0 Å². The lowest BCUT2D eigenvalue weighted by Gasteiger charge is -2.36.